The van der Waals surface area contributed by atoms with Gasteiger partial charge in [0, 0.05) is 29.4 Å². The Morgan fingerprint density at radius 1 is 0.865 bits per heavy atom. The molecule has 1 heterocycles. The molecule has 0 aliphatic carbocycles. The topological polar surface area (TPSA) is 76.1 Å². The van der Waals surface area contributed by atoms with Gasteiger partial charge in [0.25, 0.3) is 0 Å². The molecular weight excluding hydrogens is 460 g/mol. The van der Waals surface area contributed by atoms with Gasteiger partial charge < -0.3 is 15.4 Å². The zero-order chi connectivity index (χ0) is 26.3. The molecule has 0 fully saturated rings. The van der Waals surface area contributed by atoms with Gasteiger partial charge in [0.1, 0.15) is 17.4 Å². The van der Waals surface area contributed by atoms with E-state index >= 15 is 0 Å². The van der Waals surface area contributed by atoms with Gasteiger partial charge >= 0.3 is 0 Å². The smallest absolute Gasteiger partial charge is 0.224 e. The Morgan fingerprint density at radius 2 is 1.59 bits per heavy atom. The van der Waals surface area contributed by atoms with Crippen LogP contribution >= 0.6 is 0 Å². The largest absolute Gasteiger partial charge is 0.494 e. The lowest BCUT2D eigenvalue weighted by atomic mass is 9.87. The van der Waals surface area contributed by atoms with Crippen molar-refractivity contribution in [3.63, 3.8) is 0 Å². The van der Waals surface area contributed by atoms with Crippen molar-refractivity contribution in [1.82, 2.24) is 9.97 Å². The Bertz CT molecular complexity index is 1330. The molecule has 0 aliphatic heterocycles. The van der Waals surface area contributed by atoms with Gasteiger partial charge in [0.15, 0.2) is 0 Å². The van der Waals surface area contributed by atoms with Gasteiger partial charge in [-0.3, -0.25) is 4.79 Å². The average molecular weight is 495 g/mol. The van der Waals surface area contributed by atoms with E-state index in [4.69, 9.17) is 4.74 Å². The van der Waals surface area contributed by atoms with Crippen LogP contribution in [0.15, 0.2) is 84.9 Å². The summed E-state index contributed by atoms with van der Waals surface area (Å²) in [6.45, 7) is 8.92. The zero-order valence-corrected chi connectivity index (χ0v) is 21.9. The van der Waals surface area contributed by atoms with E-state index in [-0.39, 0.29) is 11.3 Å². The molecule has 190 valence electrons. The molecule has 6 heteroatoms. The number of hydrogen-bond acceptors (Lipinski definition) is 5. The molecule has 37 heavy (non-hydrogen) atoms. The summed E-state index contributed by atoms with van der Waals surface area (Å²) < 4.78 is 5.81. The van der Waals surface area contributed by atoms with Gasteiger partial charge in [-0.2, -0.15) is 0 Å². The predicted octanol–water partition coefficient (Wildman–Crippen LogP) is 7.29. The van der Waals surface area contributed by atoms with Crippen LogP contribution in [-0.2, 0) is 10.2 Å². The fourth-order valence-corrected chi connectivity index (χ4v) is 3.91. The number of anilines is 3. The molecule has 6 nitrogen and oxygen atoms in total. The van der Waals surface area contributed by atoms with E-state index in [1.54, 1.807) is 0 Å². The summed E-state index contributed by atoms with van der Waals surface area (Å²) in [5.41, 5.74) is 4.82. The second-order valence-corrected chi connectivity index (χ2v) is 10.0. The highest BCUT2D eigenvalue weighted by Gasteiger charge is 2.13. The van der Waals surface area contributed by atoms with Crippen LogP contribution < -0.4 is 15.4 Å². The van der Waals surface area contributed by atoms with Gasteiger partial charge in [-0.15, -0.1) is 0 Å². The monoisotopic (exact) mass is 494 g/mol. The van der Waals surface area contributed by atoms with E-state index in [0.717, 1.165) is 28.4 Å². The number of nitrogens with one attached hydrogen (secondary N) is 2. The first-order valence-corrected chi connectivity index (χ1v) is 12.6. The number of amides is 1. The standard InChI is InChI=1S/C31H34N4O2/c1-22-32-28(23-10-6-5-7-11-23)21-29(33-22)34-25-12-8-13-26(20-25)35-30(36)14-9-19-37-27-17-15-24(16-18-27)31(2,3)4/h5-8,10-13,15-18,20-21H,9,14,19H2,1-4H3,(H,35,36)(H,32,33,34). The number of carbonyl (C=O) groups excluding carboxylic acids is 1. The zero-order valence-electron chi connectivity index (χ0n) is 21.9. The summed E-state index contributed by atoms with van der Waals surface area (Å²) in [4.78, 5) is 21.6. The third-order valence-corrected chi connectivity index (χ3v) is 5.86. The summed E-state index contributed by atoms with van der Waals surface area (Å²) in [7, 11) is 0. The van der Waals surface area contributed by atoms with Crippen molar-refractivity contribution >= 4 is 23.1 Å². The van der Waals surface area contributed by atoms with E-state index in [2.05, 4.69) is 53.5 Å². The lowest BCUT2D eigenvalue weighted by Gasteiger charge is -2.19. The van der Waals surface area contributed by atoms with Crippen molar-refractivity contribution in [2.24, 2.45) is 0 Å². The fourth-order valence-electron chi connectivity index (χ4n) is 3.91. The van der Waals surface area contributed by atoms with E-state index in [9.17, 15) is 4.79 Å². The fraction of sp³-hybridized carbons (Fsp3) is 0.258. The average Bonchev–Trinajstić information content (AvgIpc) is 2.87. The summed E-state index contributed by atoms with van der Waals surface area (Å²) in [6, 6.07) is 27.7. The SMILES string of the molecule is Cc1nc(Nc2cccc(NC(=O)CCCOc3ccc(C(C)(C)C)cc3)c2)cc(-c2ccccc2)n1. The lowest BCUT2D eigenvalue weighted by molar-refractivity contribution is -0.116. The minimum atomic E-state index is -0.0481. The van der Waals surface area contributed by atoms with Crippen molar-refractivity contribution in [3.05, 3.63) is 96.3 Å². The van der Waals surface area contributed by atoms with Crippen LogP contribution in [0.1, 0.15) is 45.0 Å². The Balaban J connectivity index is 1.28. The first kappa shape index (κ1) is 25.9. The second-order valence-electron chi connectivity index (χ2n) is 10.0. The Labute approximate surface area is 219 Å². The van der Waals surface area contributed by atoms with E-state index in [1.165, 1.54) is 5.56 Å². The van der Waals surface area contributed by atoms with Crippen molar-refractivity contribution in [2.45, 2.75) is 46.0 Å². The van der Waals surface area contributed by atoms with E-state index in [1.807, 2.05) is 79.7 Å². The van der Waals surface area contributed by atoms with Gasteiger partial charge in [-0.1, -0.05) is 69.3 Å². The first-order valence-electron chi connectivity index (χ1n) is 12.6. The highest BCUT2D eigenvalue weighted by molar-refractivity contribution is 5.91. The number of aromatic nitrogens is 2. The van der Waals surface area contributed by atoms with Gasteiger partial charge in [-0.25, -0.2) is 9.97 Å². The van der Waals surface area contributed by atoms with Crippen LogP contribution in [0, 0.1) is 6.92 Å². The Kier molecular flexibility index (Phi) is 8.18. The number of nitrogens with zero attached hydrogens (tertiary/aromatic N) is 2. The minimum Gasteiger partial charge on any atom is -0.494 e. The molecule has 2 N–H and O–H groups in total. The number of ether oxygens (including phenoxy) is 1. The van der Waals surface area contributed by atoms with Gasteiger partial charge in [-0.05, 0) is 54.7 Å². The third kappa shape index (κ3) is 7.64. The number of hydrogen-bond donors (Lipinski definition) is 2. The maximum Gasteiger partial charge on any atom is 0.224 e. The predicted molar refractivity (Wildman–Crippen MR) is 150 cm³/mol. The summed E-state index contributed by atoms with van der Waals surface area (Å²) in [5.74, 6) is 2.15. The molecule has 0 bridgehead atoms. The third-order valence-electron chi connectivity index (χ3n) is 5.86. The molecule has 0 aliphatic rings. The molecule has 0 atom stereocenters. The maximum absolute atomic E-state index is 12.5. The maximum atomic E-state index is 12.5. The molecule has 0 saturated carbocycles. The van der Waals surface area contributed by atoms with Crippen LogP contribution in [0.2, 0.25) is 0 Å². The first-order chi connectivity index (χ1) is 17.8. The van der Waals surface area contributed by atoms with Crippen molar-refractivity contribution in [1.29, 1.82) is 0 Å². The van der Waals surface area contributed by atoms with Crippen molar-refractivity contribution in [3.8, 4) is 17.0 Å². The Hall–Kier alpha value is -4.19. The van der Waals surface area contributed by atoms with Crippen LogP contribution in [0.25, 0.3) is 11.3 Å². The molecule has 0 radical (unpaired) electrons. The molecule has 3 aromatic carbocycles. The summed E-state index contributed by atoms with van der Waals surface area (Å²) in [6.07, 6.45) is 1.01. The quantitative estimate of drug-likeness (QED) is 0.239. The number of benzene rings is 3. The normalized spacial score (nSPS) is 11.1. The minimum absolute atomic E-state index is 0.0481. The van der Waals surface area contributed by atoms with Crippen molar-refractivity contribution in [2.75, 3.05) is 17.2 Å². The van der Waals surface area contributed by atoms with Crippen LogP contribution in [0.5, 0.6) is 5.75 Å². The van der Waals surface area contributed by atoms with Crippen LogP contribution in [0.3, 0.4) is 0 Å². The Morgan fingerprint density at radius 3 is 2.32 bits per heavy atom. The molecule has 4 aromatic rings. The molecule has 0 spiro atoms. The molecule has 1 aromatic heterocycles. The highest BCUT2D eigenvalue weighted by Crippen LogP contribution is 2.25. The molecule has 0 saturated heterocycles. The molecule has 0 unspecified atom stereocenters. The van der Waals surface area contributed by atoms with Crippen LogP contribution in [-0.4, -0.2) is 22.5 Å². The lowest BCUT2D eigenvalue weighted by Crippen LogP contribution is -2.13. The number of rotatable bonds is 9. The highest BCUT2D eigenvalue weighted by atomic mass is 16.5. The van der Waals surface area contributed by atoms with E-state index in [0.29, 0.717) is 31.1 Å². The summed E-state index contributed by atoms with van der Waals surface area (Å²) in [5, 5.41) is 6.30. The second kappa shape index (κ2) is 11.7. The number of carbonyl (C=O) groups is 1. The summed E-state index contributed by atoms with van der Waals surface area (Å²) >= 11 is 0. The van der Waals surface area contributed by atoms with Gasteiger partial charge in [0.05, 0.1) is 12.3 Å². The van der Waals surface area contributed by atoms with Crippen LogP contribution in [0.4, 0.5) is 17.2 Å². The molecule has 1 amide bonds. The number of aryl methyl sites for hydroxylation is 1. The van der Waals surface area contributed by atoms with Gasteiger partial charge in [0.2, 0.25) is 5.91 Å². The van der Waals surface area contributed by atoms with Crippen molar-refractivity contribution < 1.29 is 9.53 Å². The molecular formula is C31H34N4O2. The molecule has 4 rings (SSSR count). The van der Waals surface area contributed by atoms with E-state index < -0.39 is 0 Å².